The van der Waals surface area contributed by atoms with E-state index in [0.717, 1.165) is 12.0 Å². The van der Waals surface area contributed by atoms with Crippen molar-refractivity contribution >= 4 is 11.8 Å². The van der Waals surface area contributed by atoms with Gasteiger partial charge in [0.15, 0.2) is 5.78 Å². The molecule has 0 aliphatic heterocycles. The lowest BCUT2D eigenvalue weighted by atomic mass is 10.0. The molecule has 0 amide bonds. The van der Waals surface area contributed by atoms with Gasteiger partial charge in [0.2, 0.25) is 0 Å². The summed E-state index contributed by atoms with van der Waals surface area (Å²) in [7, 11) is 0. The average Bonchev–Trinajstić information content (AvgIpc) is 3.01. The average molecular weight is 378 g/mol. The van der Waals surface area contributed by atoms with E-state index < -0.39 is 5.97 Å². The van der Waals surface area contributed by atoms with Gasteiger partial charge in [-0.3, -0.25) is 9.48 Å². The Kier molecular flexibility index (Phi) is 5.63. The predicted molar refractivity (Wildman–Crippen MR) is 104 cm³/mol. The number of hydrogen-bond donors (Lipinski definition) is 1. The second-order valence-electron chi connectivity index (χ2n) is 6.68. The van der Waals surface area contributed by atoms with E-state index in [2.05, 4.69) is 15.1 Å². The molecule has 1 N–H and O–H groups in total. The molecule has 0 saturated heterocycles. The molecule has 0 unspecified atom stereocenters. The maximum absolute atomic E-state index is 12.8. The van der Waals surface area contributed by atoms with Gasteiger partial charge in [-0.1, -0.05) is 36.8 Å². The van der Waals surface area contributed by atoms with Gasteiger partial charge in [0.1, 0.15) is 17.1 Å². The van der Waals surface area contributed by atoms with E-state index in [1.807, 2.05) is 26.0 Å². The van der Waals surface area contributed by atoms with Gasteiger partial charge in [0.05, 0.1) is 12.1 Å². The maximum atomic E-state index is 12.8. The summed E-state index contributed by atoms with van der Waals surface area (Å²) in [6, 6.07) is 7.24. The molecule has 144 valence electrons. The van der Waals surface area contributed by atoms with E-state index >= 15 is 0 Å². The molecular formula is C21H22N4O3. The molecule has 0 aliphatic carbocycles. The molecule has 1 aromatic carbocycles. The van der Waals surface area contributed by atoms with Gasteiger partial charge in [-0.2, -0.15) is 5.10 Å². The Bertz CT molecular complexity index is 1010. The number of ketones is 1. The third-order valence-corrected chi connectivity index (χ3v) is 4.46. The van der Waals surface area contributed by atoms with Gasteiger partial charge >= 0.3 is 5.97 Å². The van der Waals surface area contributed by atoms with Crippen LogP contribution in [-0.2, 0) is 13.0 Å². The standard InChI is InChI=1S/C21H22N4O3/c1-4-9-25-17(10-18(26)15-7-5-13(2)6-8-15)19(21(27)28)20(24-25)16-11-22-14(3)23-12-16/h5-8,11-12H,4,9-10H2,1-3H3,(H,27,28). The fraction of sp³-hybridized carbons (Fsp3) is 0.286. The molecule has 0 aliphatic rings. The Labute approximate surface area is 163 Å². The van der Waals surface area contributed by atoms with Gasteiger partial charge in [-0.25, -0.2) is 14.8 Å². The van der Waals surface area contributed by atoms with E-state index in [0.29, 0.717) is 29.2 Å². The minimum absolute atomic E-state index is 0.0290. The lowest BCUT2D eigenvalue weighted by molar-refractivity contribution is 0.0696. The van der Waals surface area contributed by atoms with Crippen molar-refractivity contribution in [2.75, 3.05) is 0 Å². The molecule has 7 nitrogen and oxygen atoms in total. The Balaban J connectivity index is 2.07. The van der Waals surface area contributed by atoms with Crippen LogP contribution in [0, 0.1) is 13.8 Å². The Morgan fingerprint density at radius 2 is 1.71 bits per heavy atom. The molecule has 28 heavy (non-hydrogen) atoms. The Morgan fingerprint density at radius 1 is 1.07 bits per heavy atom. The van der Waals surface area contributed by atoms with Crippen molar-refractivity contribution in [3.63, 3.8) is 0 Å². The highest BCUT2D eigenvalue weighted by Crippen LogP contribution is 2.26. The molecule has 0 radical (unpaired) electrons. The number of carboxylic acid groups (broad SMARTS) is 1. The summed E-state index contributed by atoms with van der Waals surface area (Å²) in [6.07, 6.45) is 3.83. The lowest BCUT2D eigenvalue weighted by Gasteiger charge is -2.07. The molecule has 2 aromatic heterocycles. The summed E-state index contributed by atoms with van der Waals surface area (Å²) >= 11 is 0. The Morgan fingerprint density at radius 3 is 2.29 bits per heavy atom. The van der Waals surface area contributed by atoms with Gasteiger partial charge in [-0.05, 0) is 20.3 Å². The fourth-order valence-electron chi connectivity index (χ4n) is 3.01. The van der Waals surface area contributed by atoms with Crippen LogP contribution >= 0.6 is 0 Å². The normalized spacial score (nSPS) is 10.8. The number of hydrogen-bond acceptors (Lipinski definition) is 5. The monoisotopic (exact) mass is 378 g/mol. The van der Waals surface area contributed by atoms with Crippen molar-refractivity contribution in [2.24, 2.45) is 0 Å². The molecule has 7 heteroatoms. The van der Waals surface area contributed by atoms with Crippen LogP contribution in [0.15, 0.2) is 36.7 Å². The fourth-order valence-corrected chi connectivity index (χ4v) is 3.01. The van der Waals surface area contributed by atoms with Crippen LogP contribution in [0.25, 0.3) is 11.3 Å². The first-order valence-electron chi connectivity index (χ1n) is 9.12. The zero-order valence-electron chi connectivity index (χ0n) is 16.1. The van der Waals surface area contributed by atoms with E-state index in [1.54, 1.807) is 36.1 Å². The van der Waals surface area contributed by atoms with Crippen LogP contribution in [0.5, 0.6) is 0 Å². The van der Waals surface area contributed by atoms with Crippen molar-refractivity contribution in [1.82, 2.24) is 19.7 Å². The van der Waals surface area contributed by atoms with E-state index in [1.165, 1.54) is 0 Å². The second kappa shape index (κ2) is 8.12. The van der Waals surface area contributed by atoms with Crippen LogP contribution in [0.3, 0.4) is 0 Å². The maximum Gasteiger partial charge on any atom is 0.339 e. The largest absolute Gasteiger partial charge is 0.478 e. The molecule has 0 fully saturated rings. The number of benzene rings is 1. The summed E-state index contributed by atoms with van der Waals surface area (Å²) < 4.78 is 1.62. The number of nitrogens with zero attached hydrogens (tertiary/aromatic N) is 4. The third kappa shape index (κ3) is 3.98. The quantitative estimate of drug-likeness (QED) is 0.632. The molecular weight excluding hydrogens is 356 g/mol. The van der Waals surface area contributed by atoms with Crippen LogP contribution in [0.2, 0.25) is 0 Å². The minimum Gasteiger partial charge on any atom is -0.478 e. The van der Waals surface area contributed by atoms with Crippen LogP contribution in [-0.4, -0.2) is 36.6 Å². The second-order valence-corrected chi connectivity index (χ2v) is 6.68. The van der Waals surface area contributed by atoms with E-state index in [9.17, 15) is 14.7 Å². The number of carboxylic acids is 1. The van der Waals surface area contributed by atoms with Crippen LogP contribution in [0.1, 0.15) is 51.1 Å². The van der Waals surface area contributed by atoms with Gasteiger partial charge in [0.25, 0.3) is 0 Å². The van der Waals surface area contributed by atoms with Crippen molar-refractivity contribution in [3.05, 3.63) is 64.9 Å². The highest BCUT2D eigenvalue weighted by molar-refractivity contribution is 6.01. The van der Waals surface area contributed by atoms with E-state index in [-0.39, 0.29) is 23.5 Å². The highest BCUT2D eigenvalue weighted by atomic mass is 16.4. The number of Topliss-reactive ketones (excluding diaryl/α,β-unsaturated/α-hetero) is 1. The highest BCUT2D eigenvalue weighted by Gasteiger charge is 2.26. The van der Waals surface area contributed by atoms with Gasteiger partial charge < -0.3 is 5.11 Å². The summed E-state index contributed by atoms with van der Waals surface area (Å²) in [4.78, 5) is 33.1. The predicted octanol–water partition coefficient (Wildman–Crippen LogP) is 3.49. The summed E-state index contributed by atoms with van der Waals surface area (Å²) in [5.41, 5.74) is 2.83. The van der Waals surface area contributed by atoms with E-state index in [4.69, 9.17) is 0 Å². The van der Waals surface area contributed by atoms with Crippen molar-refractivity contribution in [2.45, 2.75) is 40.2 Å². The summed E-state index contributed by atoms with van der Waals surface area (Å²) in [5.74, 6) is -0.681. The van der Waals surface area contributed by atoms with Crippen molar-refractivity contribution < 1.29 is 14.7 Å². The zero-order valence-corrected chi connectivity index (χ0v) is 16.1. The first-order valence-corrected chi connectivity index (χ1v) is 9.12. The van der Waals surface area contributed by atoms with Crippen LogP contribution < -0.4 is 0 Å². The zero-order chi connectivity index (χ0) is 20.3. The van der Waals surface area contributed by atoms with Crippen molar-refractivity contribution in [1.29, 1.82) is 0 Å². The SMILES string of the molecule is CCCn1nc(-c2cnc(C)nc2)c(C(=O)O)c1CC(=O)c1ccc(C)cc1. The number of aromatic carboxylic acids is 1. The number of rotatable bonds is 7. The first kappa shape index (κ1) is 19.4. The molecule has 2 heterocycles. The summed E-state index contributed by atoms with van der Waals surface area (Å²) in [5, 5.41) is 14.3. The first-order chi connectivity index (χ1) is 13.4. The lowest BCUT2D eigenvalue weighted by Crippen LogP contribution is -2.14. The number of aryl methyl sites for hydroxylation is 3. The Hall–Kier alpha value is -3.35. The molecule has 3 rings (SSSR count). The van der Waals surface area contributed by atoms with Gasteiger partial charge in [0, 0.05) is 30.1 Å². The third-order valence-electron chi connectivity index (χ3n) is 4.46. The van der Waals surface area contributed by atoms with Crippen molar-refractivity contribution in [3.8, 4) is 11.3 Å². The summed E-state index contributed by atoms with van der Waals surface area (Å²) in [6.45, 7) is 6.19. The smallest absolute Gasteiger partial charge is 0.339 e. The molecule has 3 aromatic rings. The topological polar surface area (TPSA) is 98.0 Å². The number of aromatic nitrogens is 4. The minimum atomic E-state index is -1.12. The van der Waals surface area contributed by atoms with Crippen LogP contribution in [0.4, 0.5) is 0 Å². The van der Waals surface area contributed by atoms with Gasteiger partial charge in [-0.15, -0.1) is 0 Å². The molecule has 0 atom stereocenters. The number of carbonyl (C=O) groups is 2. The number of carbonyl (C=O) groups excluding carboxylic acids is 1. The molecule has 0 bridgehead atoms. The molecule has 0 saturated carbocycles. The molecule has 0 spiro atoms.